The van der Waals surface area contributed by atoms with E-state index in [-0.39, 0.29) is 11.9 Å². The van der Waals surface area contributed by atoms with Gasteiger partial charge in [-0.2, -0.15) is 0 Å². The Balaban J connectivity index is 1.29. The fraction of sp³-hybridized carbons (Fsp3) is 0.414. The van der Waals surface area contributed by atoms with Gasteiger partial charge in [-0.05, 0) is 66.8 Å². The first-order valence-electron chi connectivity index (χ1n) is 12.6. The van der Waals surface area contributed by atoms with Gasteiger partial charge in [0.25, 0.3) is 0 Å². The minimum absolute atomic E-state index is 0.0966. The molecule has 3 aromatic rings. The minimum atomic E-state index is -0.603. The monoisotopic (exact) mass is 490 g/mol. The van der Waals surface area contributed by atoms with Crippen LogP contribution in [0.4, 0.5) is 0 Å². The Morgan fingerprint density at radius 1 is 1.14 bits per heavy atom. The quantitative estimate of drug-likeness (QED) is 0.434. The molecular formula is C29H34N2O3S. The van der Waals surface area contributed by atoms with E-state index in [0.29, 0.717) is 32.2 Å². The second-order valence-electron chi connectivity index (χ2n) is 9.84. The molecule has 0 saturated heterocycles. The van der Waals surface area contributed by atoms with Gasteiger partial charge in [-0.1, -0.05) is 48.0 Å². The first-order valence-corrected chi connectivity index (χ1v) is 13.5. The van der Waals surface area contributed by atoms with Crippen molar-refractivity contribution in [2.45, 2.75) is 38.3 Å². The SMILES string of the molecule is Cc1ccc(OCC2c3ccsc3CCN2C(=O)CN(CC2CC2)CC(O)c2ccccc2)cc1. The zero-order valence-corrected chi connectivity index (χ0v) is 21.1. The van der Waals surface area contributed by atoms with Crippen molar-refractivity contribution in [2.75, 3.05) is 32.8 Å². The number of hydrogen-bond acceptors (Lipinski definition) is 5. The van der Waals surface area contributed by atoms with Crippen LogP contribution in [0.15, 0.2) is 66.0 Å². The highest BCUT2D eigenvalue weighted by Crippen LogP contribution is 2.35. The zero-order valence-electron chi connectivity index (χ0n) is 20.3. The number of ether oxygens (including phenoxy) is 1. The topological polar surface area (TPSA) is 53.0 Å². The second kappa shape index (κ2) is 10.9. The molecule has 2 unspecified atom stereocenters. The minimum Gasteiger partial charge on any atom is -0.491 e. The number of fused-ring (bicyclic) bond motifs is 1. The van der Waals surface area contributed by atoms with Gasteiger partial charge in [0.15, 0.2) is 0 Å². The molecule has 2 atom stereocenters. The Morgan fingerprint density at radius 2 is 1.91 bits per heavy atom. The van der Waals surface area contributed by atoms with Gasteiger partial charge in [-0.3, -0.25) is 9.69 Å². The van der Waals surface area contributed by atoms with Gasteiger partial charge in [-0.25, -0.2) is 0 Å². The molecule has 184 valence electrons. The number of carbonyl (C=O) groups is 1. The highest BCUT2D eigenvalue weighted by molar-refractivity contribution is 7.10. The van der Waals surface area contributed by atoms with Crippen LogP contribution >= 0.6 is 11.3 Å². The molecule has 0 radical (unpaired) electrons. The maximum atomic E-state index is 13.7. The van der Waals surface area contributed by atoms with Gasteiger partial charge in [-0.15, -0.1) is 11.3 Å². The van der Waals surface area contributed by atoms with Crippen LogP contribution in [0.3, 0.4) is 0 Å². The number of amides is 1. The predicted molar refractivity (Wildman–Crippen MR) is 140 cm³/mol. The van der Waals surface area contributed by atoms with Crippen molar-refractivity contribution >= 4 is 17.2 Å². The molecule has 35 heavy (non-hydrogen) atoms. The van der Waals surface area contributed by atoms with Gasteiger partial charge in [0, 0.05) is 24.5 Å². The normalized spacial score (nSPS) is 18.4. The maximum Gasteiger partial charge on any atom is 0.237 e. The van der Waals surface area contributed by atoms with E-state index in [1.54, 1.807) is 11.3 Å². The van der Waals surface area contributed by atoms with Crippen LogP contribution in [0.1, 0.15) is 46.6 Å². The Kier molecular flexibility index (Phi) is 7.51. The van der Waals surface area contributed by atoms with E-state index in [0.717, 1.165) is 24.3 Å². The summed E-state index contributed by atoms with van der Waals surface area (Å²) in [6.45, 7) is 4.85. The van der Waals surface area contributed by atoms with Crippen LogP contribution < -0.4 is 4.74 Å². The van der Waals surface area contributed by atoms with Crippen LogP contribution in [0.25, 0.3) is 0 Å². The lowest BCUT2D eigenvalue weighted by Gasteiger charge is -2.37. The van der Waals surface area contributed by atoms with Gasteiger partial charge < -0.3 is 14.7 Å². The number of carbonyl (C=O) groups excluding carboxylic acids is 1. The van der Waals surface area contributed by atoms with Crippen LogP contribution in [0.2, 0.25) is 0 Å². The van der Waals surface area contributed by atoms with Crippen molar-refractivity contribution in [1.82, 2.24) is 9.80 Å². The molecule has 2 aromatic carbocycles. The number of hydrogen-bond donors (Lipinski definition) is 1. The van der Waals surface area contributed by atoms with E-state index in [2.05, 4.69) is 23.3 Å². The molecule has 5 nitrogen and oxygen atoms in total. The summed E-state index contributed by atoms with van der Waals surface area (Å²) in [7, 11) is 0. The smallest absolute Gasteiger partial charge is 0.237 e. The van der Waals surface area contributed by atoms with E-state index in [1.165, 1.54) is 28.8 Å². The van der Waals surface area contributed by atoms with Crippen LogP contribution in [0, 0.1) is 12.8 Å². The third-order valence-electron chi connectivity index (χ3n) is 7.03. The largest absolute Gasteiger partial charge is 0.491 e. The zero-order chi connectivity index (χ0) is 24.2. The number of rotatable bonds is 10. The van der Waals surface area contributed by atoms with Crippen LogP contribution in [-0.2, 0) is 11.2 Å². The molecule has 0 spiro atoms. The summed E-state index contributed by atoms with van der Waals surface area (Å²) in [5.74, 6) is 1.57. The van der Waals surface area contributed by atoms with Crippen molar-refractivity contribution < 1.29 is 14.6 Å². The number of thiophene rings is 1. The summed E-state index contributed by atoms with van der Waals surface area (Å²) in [5, 5.41) is 13.0. The summed E-state index contributed by atoms with van der Waals surface area (Å²) < 4.78 is 6.17. The molecule has 1 fully saturated rings. The van der Waals surface area contributed by atoms with Crippen LogP contribution in [-0.4, -0.2) is 53.6 Å². The summed E-state index contributed by atoms with van der Waals surface area (Å²) in [5.41, 5.74) is 3.30. The molecule has 2 aliphatic rings. The molecule has 6 heteroatoms. The molecule has 1 saturated carbocycles. The lowest BCUT2D eigenvalue weighted by molar-refractivity contribution is -0.136. The Labute approximate surface area is 212 Å². The van der Waals surface area contributed by atoms with E-state index in [4.69, 9.17) is 4.74 Å². The fourth-order valence-corrected chi connectivity index (χ4v) is 5.79. The highest BCUT2D eigenvalue weighted by atomic mass is 32.1. The maximum absolute atomic E-state index is 13.7. The van der Waals surface area contributed by atoms with Gasteiger partial charge >= 0.3 is 0 Å². The number of aliphatic hydroxyl groups excluding tert-OH is 1. The lowest BCUT2D eigenvalue weighted by atomic mass is 10.00. The summed E-state index contributed by atoms with van der Waals surface area (Å²) >= 11 is 1.77. The van der Waals surface area contributed by atoms with E-state index in [9.17, 15) is 9.90 Å². The number of aryl methyl sites for hydroxylation is 1. The van der Waals surface area contributed by atoms with E-state index in [1.807, 2.05) is 59.5 Å². The Morgan fingerprint density at radius 3 is 2.66 bits per heavy atom. The lowest BCUT2D eigenvalue weighted by Crippen LogP contribution is -2.47. The Hall–Kier alpha value is -2.67. The highest BCUT2D eigenvalue weighted by Gasteiger charge is 2.34. The molecule has 0 bridgehead atoms. The third-order valence-corrected chi connectivity index (χ3v) is 8.03. The van der Waals surface area contributed by atoms with Crippen molar-refractivity contribution in [3.8, 4) is 5.75 Å². The average Bonchev–Trinajstić information content (AvgIpc) is 3.55. The molecule has 1 amide bonds. The molecule has 1 aliphatic heterocycles. The molecule has 2 heterocycles. The first kappa shape index (κ1) is 24.0. The predicted octanol–water partition coefficient (Wildman–Crippen LogP) is 5.01. The van der Waals surface area contributed by atoms with Crippen molar-refractivity contribution in [1.29, 1.82) is 0 Å². The van der Waals surface area contributed by atoms with E-state index >= 15 is 0 Å². The average molecular weight is 491 g/mol. The van der Waals surface area contributed by atoms with Gasteiger partial charge in [0.1, 0.15) is 12.4 Å². The van der Waals surface area contributed by atoms with Crippen molar-refractivity contribution in [3.63, 3.8) is 0 Å². The van der Waals surface area contributed by atoms with Crippen molar-refractivity contribution in [3.05, 3.63) is 87.6 Å². The Bertz CT molecular complexity index is 1110. The van der Waals surface area contributed by atoms with E-state index < -0.39 is 6.10 Å². The number of benzene rings is 2. The molecule has 1 aromatic heterocycles. The summed E-state index contributed by atoms with van der Waals surface area (Å²) in [4.78, 5) is 19.2. The molecular weight excluding hydrogens is 456 g/mol. The number of nitrogens with zero attached hydrogens (tertiary/aromatic N) is 2. The summed E-state index contributed by atoms with van der Waals surface area (Å²) in [6.07, 6.45) is 2.70. The second-order valence-corrected chi connectivity index (χ2v) is 10.8. The molecule has 1 N–H and O–H groups in total. The number of aliphatic hydroxyl groups is 1. The van der Waals surface area contributed by atoms with Crippen molar-refractivity contribution in [2.24, 2.45) is 5.92 Å². The molecule has 5 rings (SSSR count). The standard InChI is InChI=1S/C29H34N2O3S/c1-21-7-11-24(12-8-21)34-20-26-25-14-16-35-28(25)13-15-31(26)29(33)19-30(17-22-9-10-22)18-27(32)23-5-3-2-4-6-23/h2-8,11-12,14,16,22,26-27,32H,9-10,13,15,17-20H2,1H3. The van der Waals surface area contributed by atoms with Gasteiger partial charge in [0.2, 0.25) is 5.91 Å². The fourth-order valence-electron chi connectivity index (χ4n) is 4.86. The van der Waals surface area contributed by atoms with Gasteiger partial charge in [0.05, 0.1) is 18.7 Å². The first-order chi connectivity index (χ1) is 17.1. The van der Waals surface area contributed by atoms with Crippen LogP contribution in [0.5, 0.6) is 5.75 Å². The summed E-state index contributed by atoms with van der Waals surface area (Å²) in [6, 6.07) is 19.8. The third kappa shape index (κ3) is 6.13. The molecule has 1 aliphatic carbocycles.